The normalized spacial score (nSPS) is 33.4. The molecule has 3 saturated heterocycles. The number of aliphatic hydroxyl groups excluding tert-OH is 1. The summed E-state index contributed by atoms with van der Waals surface area (Å²) < 4.78 is -1.08. The van der Waals surface area contributed by atoms with Crippen molar-refractivity contribution >= 4 is 29.5 Å². The number of carbonyl (C=O) groups is 3. The number of likely N-dealkylation sites (N-methyl/N-ethyl adjacent to an activating group) is 1. The Balaban J connectivity index is 2.10. The van der Waals surface area contributed by atoms with Gasteiger partial charge in [-0.25, -0.2) is 0 Å². The van der Waals surface area contributed by atoms with Crippen molar-refractivity contribution in [1.82, 2.24) is 14.7 Å². The van der Waals surface area contributed by atoms with E-state index in [2.05, 4.69) is 27.0 Å². The van der Waals surface area contributed by atoms with Gasteiger partial charge in [0.1, 0.15) is 6.04 Å². The Morgan fingerprint density at radius 2 is 1.88 bits per heavy atom. The van der Waals surface area contributed by atoms with Crippen molar-refractivity contribution in [1.29, 1.82) is 0 Å². The molecule has 0 aromatic rings. The van der Waals surface area contributed by atoms with Crippen LogP contribution in [-0.4, -0.2) is 91.9 Å². The molecule has 0 radical (unpaired) electrons. The summed E-state index contributed by atoms with van der Waals surface area (Å²) in [5.74, 6) is -1.42. The Hall–Kier alpha value is -1.80. The zero-order valence-electron chi connectivity index (χ0n) is 21.3. The van der Waals surface area contributed by atoms with Crippen molar-refractivity contribution in [3.8, 4) is 0 Å². The summed E-state index contributed by atoms with van der Waals surface area (Å²) in [5.41, 5.74) is 0. The third-order valence-corrected chi connectivity index (χ3v) is 10.1. The molecule has 34 heavy (non-hydrogen) atoms. The molecule has 3 heterocycles. The third-order valence-electron chi connectivity index (χ3n) is 8.08. The number of hydrogen-bond donors (Lipinski definition) is 1. The molecule has 3 unspecified atom stereocenters. The van der Waals surface area contributed by atoms with Crippen LogP contribution in [-0.2, 0) is 14.4 Å². The Kier molecular flexibility index (Phi) is 7.92. The summed E-state index contributed by atoms with van der Waals surface area (Å²) in [7, 11) is 1.74. The Morgan fingerprint density at radius 3 is 2.44 bits per heavy atom. The molecule has 7 atom stereocenters. The highest BCUT2D eigenvalue weighted by molar-refractivity contribution is 8.02. The van der Waals surface area contributed by atoms with Gasteiger partial charge in [0.2, 0.25) is 17.7 Å². The van der Waals surface area contributed by atoms with Crippen LogP contribution in [0.3, 0.4) is 0 Å². The first-order valence-corrected chi connectivity index (χ1v) is 13.3. The number of amides is 3. The van der Waals surface area contributed by atoms with E-state index in [0.717, 1.165) is 19.3 Å². The number of thioether (sulfide) groups is 1. The number of hydrogen-bond acceptors (Lipinski definition) is 5. The smallest absolute Gasteiger partial charge is 0.247 e. The van der Waals surface area contributed by atoms with Crippen LogP contribution in [0, 0.1) is 11.8 Å². The maximum atomic E-state index is 14.3. The predicted molar refractivity (Wildman–Crippen MR) is 136 cm³/mol. The second-order valence-corrected chi connectivity index (χ2v) is 12.3. The standard InChI is InChI=1S/C26H41N3O4S/c1-8-11-17(4)28(15-10-3)24(33)21-26-13-12-25(6,34-26)19(22(31)27(7)14-9-2)20(26)23(32)29(21)18(5)16-30/h9-10,17-21,30H,2-3,8,11-16H2,1,4-7H3/t17?,18-,19+,20+,21?,25-,26?/m1/s1. The molecule has 0 saturated carbocycles. The lowest BCUT2D eigenvalue weighted by atomic mass is 9.66. The lowest BCUT2D eigenvalue weighted by molar-refractivity contribution is -0.147. The first-order valence-electron chi connectivity index (χ1n) is 12.4. The monoisotopic (exact) mass is 491 g/mol. The molecule has 2 bridgehead atoms. The highest BCUT2D eigenvalue weighted by Crippen LogP contribution is 2.71. The van der Waals surface area contributed by atoms with Gasteiger partial charge in [-0.2, -0.15) is 0 Å². The summed E-state index contributed by atoms with van der Waals surface area (Å²) in [5, 5.41) is 10.0. The first kappa shape index (κ1) is 26.8. The van der Waals surface area contributed by atoms with Crippen molar-refractivity contribution < 1.29 is 19.5 Å². The number of rotatable bonds is 11. The molecule has 1 N–H and O–H groups in total. The molecular weight excluding hydrogens is 450 g/mol. The Morgan fingerprint density at radius 1 is 1.24 bits per heavy atom. The van der Waals surface area contributed by atoms with Crippen molar-refractivity contribution in [3.05, 3.63) is 25.3 Å². The van der Waals surface area contributed by atoms with E-state index >= 15 is 0 Å². The molecule has 3 rings (SSSR count). The van der Waals surface area contributed by atoms with E-state index in [4.69, 9.17) is 0 Å². The fraction of sp³-hybridized carbons (Fsp3) is 0.731. The van der Waals surface area contributed by atoms with E-state index in [1.165, 1.54) is 0 Å². The van der Waals surface area contributed by atoms with E-state index in [-0.39, 0.29) is 30.4 Å². The minimum atomic E-state index is -0.708. The van der Waals surface area contributed by atoms with Gasteiger partial charge in [-0.15, -0.1) is 24.9 Å². The Labute approximate surface area is 208 Å². The van der Waals surface area contributed by atoms with Crippen LogP contribution in [0.25, 0.3) is 0 Å². The molecule has 0 aromatic heterocycles. The van der Waals surface area contributed by atoms with Gasteiger partial charge >= 0.3 is 0 Å². The number of fused-ring (bicyclic) bond motifs is 1. The zero-order valence-corrected chi connectivity index (χ0v) is 22.1. The number of aliphatic hydroxyl groups is 1. The molecule has 3 aliphatic heterocycles. The Bertz CT molecular complexity index is 850. The topological polar surface area (TPSA) is 81.2 Å². The minimum absolute atomic E-state index is 0.00248. The van der Waals surface area contributed by atoms with Crippen LogP contribution >= 0.6 is 11.8 Å². The second-order valence-electron chi connectivity index (χ2n) is 10.4. The predicted octanol–water partition coefficient (Wildman–Crippen LogP) is 2.70. The third kappa shape index (κ3) is 4.00. The zero-order chi connectivity index (χ0) is 25.4. The minimum Gasteiger partial charge on any atom is -0.394 e. The van der Waals surface area contributed by atoms with E-state index < -0.39 is 33.4 Å². The molecule has 0 aliphatic carbocycles. The molecule has 3 aliphatic rings. The number of nitrogens with zero attached hydrogens (tertiary/aromatic N) is 3. The first-order chi connectivity index (χ1) is 16.0. The van der Waals surface area contributed by atoms with Crippen molar-refractivity contribution in [2.45, 2.75) is 81.0 Å². The van der Waals surface area contributed by atoms with Gasteiger partial charge < -0.3 is 19.8 Å². The summed E-state index contributed by atoms with van der Waals surface area (Å²) in [6.07, 6.45) is 6.68. The fourth-order valence-corrected chi connectivity index (χ4v) is 8.79. The number of likely N-dealkylation sites (tertiary alicyclic amines) is 1. The average Bonchev–Trinajstić information content (AvgIpc) is 3.37. The van der Waals surface area contributed by atoms with Crippen molar-refractivity contribution in [2.75, 3.05) is 26.7 Å². The number of carbonyl (C=O) groups excluding carboxylic acids is 3. The van der Waals surface area contributed by atoms with E-state index in [1.807, 2.05) is 11.8 Å². The van der Waals surface area contributed by atoms with Crippen molar-refractivity contribution in [2.24, 2.45) is 11.8 Å². The summed E-state index contributed by atoms with van der Waals surface area (Å²) in [4.78, 5) is 46.9. The largest absolute Gasteiger partial charge is 0.394 e. The van der Waals surface area contributed by atoms with Gasteiger partial charge in [0, 0.05) is 30.9 Å². The SMILES string of the molecule is C=CCN(C)C(=O)[C@@H]1[C@H]2C(=O)N([C@H](C)CO)C(C(=O)N(CC=C)C(C)CCC)C23CC[C@@]1(C)S3. The van der Waals surface area contributed by atoms with Crippen LogP contribution in [0.4, 0.5) is 0 Å². The van der Waals surface area contributed by atoms with E-state index in [9.17, 15) is 19.5 Å². The highest BCUT2D eigenvalue weighted by atomic mass is 32.2. The van der Waals surface area contributed by atoms with Gasteiger partial charge in [-0.1, -0.05) is 25.5 Å². The molecular formula is C26H41N3O4S. The maximum Gasteiger partial charge on any atom is 0.247 e. The van der Waals surface area contributed by atoms with Crippen molar-refractivity contribution in [3.63, 3.8) is 0 Å². The molecule has 3 amide bonds. The maximum absolute atomic E-state index is 14.3. The summed E-state index contributed by atoms with van der Waals surface area (Å²) in [6, 6.07) is -1.22. The van der Waals surface area contributed by atoms with E-state index in [1.54, 1.807) is 47.7 Å². The average molecular weight is 492 g/mol. The van der Waals surface area contributed by atoms with Crippen LogP contribution in [0.2, 0.25) is 0 Å². The van der Waals surface area contributed by atoms with Gasteiger partial charge in [-0.05, 0) is 40.0 Å². The summed E-state index contributed by atoms with van der Waals surface area (Å²) >= 11 is 1.67. The van der Waals surface area contributed by atoms with Crippen LogP contribution in [0.5, 0.6) is 0 Å². The molecule has 3 fully saturated rings. The molecule has 0 aromatic carbocycles. The second kappa shape index (κ2) is 10.1. The molecule has 1 spiro atoms. The van der Waals surface area contributed by atoms with Crippen LogP contribution in [0.1, 0.15) is 53.4 Å². The van der Waals surface area contributed by atoms with Gasteiger partial charge in [0.15, 0.2) is 0 Å². The molecule has 7 nitrogen and oxygen atoms in total. The fourth-order valence-electron chi connectivity index (χ4n) is 6.46. The summed E-state index contributed by atoms with van der Waals surface area (Å²) in [6.45, 7) is 16.2. The molecule has 190 valence electrons. The van der Waals surface area contributed by atoms with Gasteiger partial charge in [0.25, 0.3) is 0 Å². The van der Waals surface area contributed by atoms with Crippen LogP contribution in [0.15, 0.2) is 25.3 Å². The lowest BCUT2D eigenvalue weighted by Gasteiger charge is -2.40. The van der Waals surface area contributed by atoms with Crippen LogP contribution < -0.4 is 0 Å². The van der Waals surface area contributed by atoms with E-state index in [0.29, 0.717) is 19.5 Å². The quantitative estimate of drug-likeness (QED) is 0.450. The van der Waals surface area contributed by atoms with Gasteiger partial charge in [0.05, 0.1) is 29.2 Å². The lowest BCUT2D eigenvalue weighted by Crippen LogP contribution is -2.58. The highest BCUT2D eigenvalue weighted by Gasteiger charge is 2.77. The van der Waals surface area contributed by atoms with Gasteiger partial charge in [-0.3, -0.25) is 14.4 Å². The molecule has 8 heteroatoms.